The van der Waals surface area contributed by atoms with Gasteiger partial charge in [0.05, 0.1) is 0 Å². The van der Waals surface area contributed by atoms with Gasteiger partial charge in [-0.05, 0) is 43.5 Å². The first-order valence-electron chi connectivity index (χ1n) is 5.82. The molecule has 2 atom stereocenters. The molecule has 1 N–H and O–H groups in total. The van der Waals surface area contributed by atoms with Gasteiger partial charge in [-0.1, -0.05) is 6.07 Å². The number of hydrogen-bond acceptors (Lipinski definition) is 2. The maximum absolute atomic E-state index is 13.6. The summed E-state index contributed by atoms with van der Waals surface area (Å²) >= 11 is 1.65. The molecule has 18 heavy (non-hydrogen) atoms. The molecule has 1 unspecified atom stereocenters. The van der Waals surface area contributed by atoms with Crippen LogP contribution in [0.4, 0.5) is 8.78 Å². The third-order valence-electron chi connectivity index (χ3n) is 2.89. The first kappa shape index (κ1) is 13.2. The Bertz CT molecular complexity index is 511. The Morgan fingerprint density at radius 1 is 1.11 bits per heavy atom. The molecule has 1 aromatic carbocycles. The average Bonchev–Trinajstić information content (AvgIpc) is 2.85. The van der Waals surface area contributed by atoms with E-state index in [0.29, 0.717) is 5.56 Å². The van der Waals surface area contributed by atoms with Crippen molar-refractivity contribution in [2.45, 2.75) is 25.9 Å². The van der Waals surface area contributed by atoms with Gasteiger partial charge in [0.25, 0.3) is 0 Å². The van der Waals surface area contributed by atoms with Crippen molar-refractivity contribution in [3.05, 3.63) is 57.8 Å². The Morgan fingerprint density at radius 2 is 1.89 bits per heavy atom. The van der Waals surface area contributed by atoms with E-state index in [2.05, 4.69) is 5.32 Å². The smallest absolute Gasteiger partial charge is 0.128 e. The zero-order chi connectivity index (χ0) is 13.1. The Hall–Kier alpha value is -1.26. The van der Waals surface area contributed by atoms with Crippen LogP contribution in [0.15, 0.2) is 35.7 Å². The van der Waals surface area contributed by atoms with Gasteiger partial charge in [-0.15, -0.1) is 11.3 Å². The lowest BCUT2D eigenvalue weighted by molar-refractivity contribution is 0.473. The molecule has 0 amide bonds. The van der Waals surface area contributed by atoms with Crippen LogP contribution in [0.2, 0.25) is 0 Å². The van der Waals surface area contributed by atoms with Crippen molar-refractivity contribution in [2.75, 3.05) is 0 Å². The molecule has 0 radical (unpaired) electrons. The van der Waals surface area contributed by atoms with Gasteiger partial charge in [0.1, 0.15) is 11.6 Å². The predicted octanol–water partition coefficient (Wildman–Crippen LogP) is 4.44. The third kappa shape index (κ3) is 2.94. The Morgan fingerprint density at radius 3 is 2.56 bits per heavy atom. The minimum Gasteiger partial charge on any atom is -0.303 e. The van der Waals surface area contributed by atoms with Crippen molar-refractivity contribution in [1.82, 2.24) is 5.32 Å². The molecule has 0 saturated carbocycles. The summed E-state index contributed by atoms with van der Waals surface area (Å²) in [7, 11) is 0. The van der Waals surface area contributed by atoms with Crippen LogP contribution in [0, 0.1) is 11.6 Å². The molecular weight excluding hydrogens is 252 g/mol. The Kier molecular flexibility index (Phi) is 4.09. The number of benzene rings is 1. The predicted molar refractivity (Wildman–Crippen MR) is 70.6 cm³/mol. The first-order chi connectivity index (χ1) is 8.58. The van der Waals surface area contributed by atoms with Crippen LogP contribution in [0.3, 0.4) is 0 Å². The van der Waals surface area contributed by atoms with Crippen LogP contribution in [-0.2, 0) is 0 Å². The highest BCUT2D eigenvalue weighted by Gasteiger charge is 2.15. The number of thiophene rings is 1. The summed E-state index contributed by atoms with van der Waals surface area (Å²) in [5, 5.41) is 5.27. The van der Waals surface area contributed by atoms with Gasteiger partial charge in [0.15, 0.2) is 0 Å². The fourth-order valence-electron chi connectivity index (χ4n) is 1.93. The standard InChI is InChI=1S/C14H15F2NS/c1-9(12-8-11(15)5-6-13(12)16)17-10(2)14-4-3-7-18-14/h3-10,17H,1-2H3/t9?,10-/m1/s1. The average molecular weight is 267 g/mol. The molecule has 0 aliphatic heterocycles. The summed E-state index contributed by atoms with van der Waals surface area (Å²) in [5.41, 5.74) is 0.360. The highest BCUT2D eigenvalue weighted by atomic mass is 32.1. The van der Waals surface area contributed by atoms with Crippen LogP contribution in [0.5, 0.6) is 0 Å². The quantitative estimate of drug-likeness (QED) is 0.863. The third-order valence-corrected chi connectivity index (χ3v) is 3.95. The molecule has 0 saturated heterocycles. The van der Waals surface area contributed by atoms with E-state index >= 15 is 0 Å². The minimum atomic E-state index is -0.413. The molecule has 0 aliphatic carbocycles. The van der Waals surface area contributed by atoms with E-state index in [4.69, 9.17) is 0 Å². The summed E-state index contributed by atoms with van der Waals surface area (Å²) in [4.78, 5) is 1.18. The van der Waals surface area contributed by atoms with Gasteiger partial charge in [0, 0.05) is 22.5 Å². The van der Waals surface area contributed by atoms with Crippen LogP contribution in [0.25, 0.3) is 0 Å². The normalized spacial score (nSPS) is 14.4. The summed E-state index contributed by atoms with van der Waals surface area (Å²) in [6.45, 7) is 3.85. The summed E-state index contributed by atoms with van der Waals surface area (Å²) in [5.74, 6) is -0.793. The van der Waals surface area contributed by atoms with Crippen LogP contribution in [0.1, 0.15) is 36.4 Å². The second-order valence-corrected chi connectivity index (χ2v) is 5.27. The molecule has 0 bridgehead atoms. The molecule has 0 fully saturated rings. The summed E-state index contributed by atoms with van der Waals surface area (Å²) in [6.07, 6.45) is 0. The van der Waals surface area contributed by atoms with Gasteiger partial charge in [-0.2, -0.15) is 0 Å². The molecular formula is C14H15F2NS. The second kappa shape index (κ2) is 5.59. The van der Waals surface area contributed by atoms with Gasteiger partial charge < -0.3 is 5.32 Å². The SMILES string of the molecule is CC(N[C@H](C)c1cccs1)c1cc(F)ccc1F. The molecule has 96 valence electrons. The lowest BCUT2D eigenvalue weighted by Gasteiger charge is -2.20. The highest BCUT2D eigenvalue weighted by molar-refractivity contribution is 7.10. The second-order valence-electron chi connectivity index (χ2n) is 4.29. The van der Waals surface area contributed by atoms with Gasteiger partial charge in [-0.3, -0.25) is 0 Å². The van der Waals surface area contributed by atoms with E-state index in [1.807, 2.05) is 31.4 Å². The number of halogens is 2. The minimum absolute atomic E-state index is 0.114. The first-order valence-corrected chi connectivity index (χ1v) is 6.70. The number of rotatable bonds is 4. The van der Waals surface area contributed by atoms with E-state index in [9.17, 15) is 8.78 Å². The van der Waals surface area contributed by atoms with E-state index in [1.54, 1.807) is 11.3 Å². The monoisotopic (exact) mass is 267 g/mol. The zero-order valence-electron chi connectivity index (χ0n) is 10.3. The van der Waals surface area contributed by atoms with Crippen molar-refractivity contribution < 1.29 is 8.78 Å². The van der Waals surface area contributed by atoms with Crippen molar-refractivity contribution in [2.24, 2.45) is 0 Å². The van der Waals surface area contributed by atoms with Crippen LogP contribution in [-0.4, -0.2) is 0 Å². The topological polar surface area (TPSA) is 12.0 Å². The molecule has 1 aromatic heterocycles. The molecule has 1 heterocycles. The Balaban J connectivity index is 2.12. The molecule has 0 aliphatic rings. The summed E-state index contributed by atoms with van der Waals surface area (Å²) in [6, 6.07) is 7.42. The van der Waals surface area contributed by atoms with Gasteiger partial charge in [0.2, 0.25) is 0 Å². The number of nitrogens with one attached hydrogen (secondary N) is 1. The molecule has 4 heteroatoms. The van der Waals surface area contributed by atoms with Gasteiger partial charge >= 0.3 is 0 Å². The van der Waals surface area contributed by atoms with E-state index in [-0.39, 0.29) is 17.9 Å². The van der Waals surface area contributed by atoms with E-state index < -0.39 is 5.82 Å². The van der Waals surface area contributed by atoms with Crippen LogP contribution >= 0.6 is 11.3 Å². The zero-order valence-corrected chi connectivity index (χ0v) is 11.1. The van der Waals surface area contributed by atoms with E-state index in [0.717, 1.165) is 6.07 Å². The Labute approximate surface area is 109 Å². The maximum Gasteiger partial charge on any atom is 0.128 e. The van der Waals surface area contributed by atoms with E-state index in [1.165, 1.54) is 17.0 Å². The fourth-order valence-corrected chi connectivity index (χ4v) is 2.67. The molecule has 2 aromatic rings. The van der Waals surface area contributed by atoms with Crippen molar-refractivity contribution in [1.29, 1.82) is 0 Å². The van der Waals surface area contributed by atoms with Crippen molar-refractivity contribution >= 4 is 11.3 Å². The fraction of sp³-hybridized carbons (Fsp3) is 0.286. The van der Waals surface area contributed by atoms with Gasteiger partial charge in [-0.25, -0.2) is 8.78 Å². The largest absolute Gasteiger partial charge is 0.303 e. The van der Waals surface area contributed by atoms with Crippen molar-refractivity contribution in [3.63, 3.8) is 0 Å². The lowest BCUT2D eigenvalue weighted by atomic mass is 10.1. The number of hydrogen-bond donors (Lipinski definition) is 1. The van der Waals surface area contributed by atoms with Crippen molar-refractivity contribution in [3.8, 4) is 0 Å². The molecule has 0 spiro atoms. The molecule has 2 rings (SSSR count). The molecule has 1 nitrogen and oxygen atoms in total. The lowest BCUT2D eigenvalue weighted by Crippen LogP contribution is -2.22. The summed E-state index contributed by atoms with van der Waals surface area (Å²) < 4.78 is 26.7. The van der Waals surface area contributed by atoms with Crippen LogP contribution < -0.4 is 5.32 Å². The maximum atomic E-state index is 13.6. The highest BCUT2D eigenvalue weighted by Crippen LogP contribution is 2.24.